The van der Waals surface area contributed by atoms with Gasteiger partial charge >= 0.3 is 0 Å². The first-order valence-electron chi connectivity index (χ1n) is 7.85. The number of benzene rings is 2. The summed E-state index contributed by atoms with van der Waals surface area (Å²) >= 11 is 0. The molecule has 0 bridgehead atoms. The number of amides is 2. The zero-order chi connectivity index (χ0) is 17.5. The summed E-state index contributed by atoms with van der Waals surface area (Å²) in [7, 11) is 0. The van der Waals surface area contributed by atoms with Crippen molar-refractivity contribution in [1.29, 1.82) is 0 Å². The summed E-state index contributed by atoms with van der Waals surface area (Å²) < 4.78 is 5.50. The fourth-order valence-electron chi connectivity index (χ4n) is 2.32. The highest BCUT2D eigenvalue weighted by Crippen LogP contribution is 2.23. The molecule has 0 atom stereocenters. The van der Waals surface area contributed by atoms with Crippen molar-refractivity contribution in [3.05, 3.63) is 54.1 Å². The van der Waals surface area contributed by atoms with Gasteiger partial charge in [0.05, 0.1) is 0 Å². The lowest BCUT2D eigenvalue weighted by molar-refractivity contribution is -0.118. The van der Waals surface area contributed by atoms with Gasteiger partial charge in [0.15, 0.2) is 6.61 Å². The van der Waals surface area contributed by atoms with Crippen molar-refractivity contribution < 1.29 is 14.3 Å². The van der Waals surface area contributed by atoms with Gasteiger partial charge in [0.2, 0.25) is 5.91 Å². The summed E-state index contributed by atoms with van der Waals surface area (Å²) in [5.74, 6) is 0.452. The normalized spacial score (nSPS) is 10.3. The van der Waals surface area contributed by atoms with E-state index in [1.807, 2.05) is 24.3 Å². The lowest BCUT2D eigenvalue weighted by atomic mass is 10.0. The number of ether oxygens (including phenoxy) is 1. The third-order valence-electron chi connectivity index (χ3n) is 3.38. The fraction of sp³-hybridized carbons (Fsp3) is 0.263. The van der Waals surface area contributed by atoms with E-state index >= 15 is 0 Å². The smallest absolute Gasteiger partial charge is 0.262 e. The Kier molecular flexibility index (Phi) is 5.95. The van der Waals surface area contributed by atoms with Gasteiger partial charge < -0.3 is 15.4 Å². The van der Waals surface area contributed by atoms with Crippen molar-refractivity contribution in [2.45, 2.75) is 26.7 Å². The van der Waals surface area contributed by atoms with E-state index in [4.69, 9.17) is 4.74 Å². The quantitative estimate of drug-likeness (QED) is 0.849. The van der Waals surface area contributed by atoms with Gasteiger partial charge in [0.25, 0.3) is 5.91 Å². The molecule has 0 aromatic heterocycles. The van der Waals surface area contributed by atoms with Gasteiger partial charge in [0, 0.05) is 24.4 Å². The fourth-order valence-corrected chi connectivity index (χ4v) is 2.32. The Hall–Kier alpha value is -2.82. The largest absolute Gasteiger partial charge is 0.484 e. The predicted molar refractivity (Wildman–Crippen MR) is 95.4 cm³/mol. The number of carbonyl (C=O) groups is 2. The Morgan fingerprint density at radius 2 is 1.79 bits per heavy atom. The predicted octanol–water partition coefficient (Wildman–Crippen LogP) is 3.79. The van der Waals surface area contributed by atoms with Crippen LogP contribution in [0.15, 0.2) is 48.5 Å². The van der Waals surface area contributed by atoms with Crippen LogP contribution in [0.1, 0.15) is 32.3 Å². The summed E-state index contributed by atoms with van der Waals surface area (Å²) in [6.07, 6.45) is 0. The molecule has 2 aromatic rings. The number of hydrogen-bond acceptors (Lipinski definition) is 3. The maximum Gasteiger partial charge on any atom is 0.262 e. The van der Waals surface area contributed by atoms with Gasteiger partial charge in [0.1, 0.15) is 5.75 Å². The first-order valence-corrected chi connectivity index (χ1v) is 7.85. The van der Waals surface area contributed by atoms with Gasteiger partial charge in [-0.05, 0) is 29.7 Å². The molecule has 24 heavy (non-hydrogen) atoms. The Bertz CT molecular complexity index is 726. The second kappa shape index (κ2) is 8.15. The molecule has 2 amide bonds. The van der Waals surface area contributed by atoms with Crippen molar-refractivity contribution in [2.24, 2.45) is 0 Å². The number of rotatable bonds is 6. The van der Waals surface area contributed by atoms with Crippen LogP contribution in [0.25, 0.3) is 0 Å². The van der Waals surface area contributed by atoms with Crippen molar-refractivity contribution >= 4 is 23.2 Å². The third-order valence-corrected chi connectivity index (χ3v) is 3.38. The van der Waals surface area contributed by atoms with E-state index in [-0.39, 0.29) is 18.4 Å². The highest BCUT2D eigenvalue weighted by molar-refractivity contribution is 5.92. The molecule has 0 aliphatic heterocycles. The van der Waals surface area contributed by atoms with E-state index in [1.54, 1.807) is 24.3 Å². The zero-order valence-electron chi connectivity index (χ0n) is 14.1. The van der Waals surface area contributed by atoms with E-state index in [0.717, 1.165) is 11.3 Å². The number of carbonyl (C=O) groups excluding carboxylic acids is 2. The van der Waals surface area contributed by atoms with Crippen LogP contribution in [-0.4, -0.2) is 18.4 Å². The maximum absolute atomic E-state index is 12.1. The van der Waals surface area contributed by atoms with Gasteiger partial charge in [-0.3, -0.25) is 9.59 Å². The van der Waals surface area contributed by atoms with E-state index in [0.29, 0.717) is 17.4 Å². The molecule has 0 saturated carbocycles. The average Bonchev–Trinajstić information content (AvgIpc) is 2.53. The molecule has 5 heteroatoms. The molecular weight excluding hydrogens is 304 g/mol. The van der Waals surface area contributed by atoms with Crippen molar-refractivity contribution in [3.8, 4) is 5.75 Å². The number of anilines is 2. The van der Waals surface area contributed by atoms with E-state index in [1.165, 1.54) is 6.92 Å². The second-order valence-corrected chi connectivity index (χ2v) is 5.79. The Morgan fingerprint density at radius 1 is 1.04 bits per heavy atom. The zero-order valence-corrected chi connectivity index (χ0v) is 14.1. The molecule has 0 saturated heterocycles. The molecule has 5 nitrogen and oxygen atoms in total. The van der Waals surface area contributed by atoms with Crippen molar-refractivity contribution in [1.82, 2.24) is 0 Å². The average molecular weight is 326 g/mol. The molecular formula is C19H22N2O3. The lowest BCUT2D eigenvalue weighted by Gasteiger charge is -2.14. The summed E-state index contributed by atoms with van der Waals surface area (Å²) in [6.45, 7) is 5.49. The third kappa shape index (κ3) is 5.12. The Balaban J connectivity index is 1.95. The highest BCUT2D eigenvalue weighted by Gasteiger charge is 2.10. The maximum atomic E-state index is 12.1. The van der Waals surface area contributed by atoms with Crippen molar-refractivity contribution in [3.63, 3.8) is 0 Å². The van der Waals surface area contributed by atoms with Crippen LogP contribution in [0.4, 0.5) is 11.4 Å². The monoisotopic (exact) mass is 326 g/mol. The summed E-state index contributed by atoms with van der Waals surface area (Å²) in [5, 5.41) is 5.55. The molecule has 2 rings (SSSR count). The molecule has 0 spiro atoms. The molecule has 0 aliphatic rings. The molecule has 126 valence electrons. The van der Waals surface area contributed by atoms with Gasteiger partial charge in [-0.25, -0.2) is 0 Å². The number of para-hydroxylation sites is 1. The van der Waals surface area contributed by atoms with Crippen molar-refractivity contribution in [2.75, 3.05) is 17.2 Å². The SMILES string of the molecule is CC(=O)Nc1cccc(OCC(=O)Nc2ccccc2C(C)C)c1. The molecule has 0 fully saturated rings. The minimum atomic E-state index is -0.229. The Labute approximate surface area is 142 Å². The van der Waals surface area contributed by atoms with Crippen LogP contribution in [0, 0.1) is 0 Å². The highest BCUT2D eigenvalue weighted by atomic mass is 16.5. The lowest BCUT2D eigenvalue weighted by Crippen LogP contribution is -2.21. The molecule has 0 aliphatic carbocycles. The molecule has 0 unspecified atom stereocenters. The summed E-state index contributed by atoms with van der Waals surface area (Å²) in [5.41, 5.74) is 2.51. The minimum Gasteiger partial charge on any atom is -0.484 e. The molecule has 0 heterocycles. The van der Waals surface area contributed by atoms with Crippen LogP contribution in [0.5, 0.6) is 5.75 Å². The van der Waals surface area contributed by atoms with Gasteiger partial charge in [-0.2, -0.15) is 0 Å². The minimum absolute atomic E-state index is 0.101. The van der Waals surface area contributed by atoms with Crippen LogP contribution in [0.3, 0.4) is 0 Å². The van der Waals surface area contributed by atoms with Crippen LogP contribution >= 0.6 is 0 Å². The molecule has 2 N–H and O–H groups in total. The van der Waals surface area contributed by atoms with Gasteiger partial charge in [-0.15, -0.1) is 0 Å². The first kappa shape index (κ1) is 17.5. The van der Waals surface area contributed by atoms with Crippen LogP contribution < -0.4 is 15.4 Å². The number of nitrogens with one attached hydrogen (secondary N) is 2. The van der Waals surface area contributed by atoms with Crippen LogP contribution in [0.2, 0.25) is 0 Å². The second-order valence-electron chi connectivity index (χ2n) is 5.79. The summed E-state index contributed by atoms with van der Waals surface area (Å²) in [4.78, 5) is 23.2. The van der Waals surface area contributed by atoms with E-state index < -0.39 is 0 Å². The first-order chi connectivity index (χ1) is 11.5. The molecule has 0 radical (unpaired) electrons. The standard InChI is InChI=1S/C19H22N2O3/c1-13(2)17-9-4-5-10-18(17)21-19(23)12-24-16-8-6-7-15(11-16)20-14(3)22/h4-11,13H,12H2,1-3H3,(H,20,22)(H,21,23). The van der Waals surface area contributed by atoms with Gasteiger partial charge in [-0.1, -0.05) is 38.1 Å². The van der Waals surface area contributed by atoms with Crippen LogP contribution in [-0.2, 0) is 9.59 Å². The number of hydrogen-bond donors (Lipinski definition) is 2. The Morgan fingerprint density at radius 3 is 2.50 bits per heavy atom. The molecule has 2 aromatic carbocycles. The summed E-state index contributed by atoms with van der Waals surface area (Å²) in [6, 6.07) is 14.6. The van der Waals surface area contributed by atoms with E-state index in [9.17, 15) is 9.59 Å². The topological polar surface area (TPSA) is 67.4 Å². The van der Waals surface area contributed by atoms with E-state index in [2.05, 4.69) is 24.5 Å².